The van der Waals surface area contributed by atoms with Gasteiger partial charge in [-0.2, -0.15) is 0 Å². The van der Waals surface area contributed by atoms with E-state index in [-0.39, 0.29) is 0 Å². The topological polar surface area (TPSA) is 48.4 Å². The number of methoxy groups -OCH3 is 1. The fraction of sp³-hybridized carbons (Fsp3) is 0.273. The molecule has 3 nitrogen and oxygen atoms in total. The minimum absolute atomic E-state index is 0.497. The average Bonchev–Trinajstić information content (AvgIpc) is 2.60. The normalized spacial score (nSPS) is 11.0. The van der Waals surface area contributed by atoms with E-state index < -0.39 is 0 Å². The second kappa shape index (κ2) is 3.82. The highest BCUT2D eigenvalue weighted by Crippen LogP contribution is 2.23. The Balaban J connectivity index is 2.52. The van der Waals surface area contributed by atoms with Crippen LogP contribution in [0.15, 0.2) is 28.7 Å². The zero-order valence-corrected chi connectivity index (χ0v) is 8.12. The summed E-state index contributed by atoms with van der Waals surface area (Å²) in [5.41, 5.74) is 7.52. The van der Waals surface area contributed by atoms with Crippen molar-refractivity contribution in [2.45, 2.75) is 13.2 Å². The number of para-hydroxylation sites is 1. The van der Waals surface area contributed by atoms with Crippen LogP contribution in [-0.4, -0.2) is 7.11 Å². The van der Waals surface area contributed by atoms with E-state index in [1.165, 1.54) is 0 Å². The zero-order valence-electron chi connectivity index (χ0n) is 8.12. The third-order valence-corrected chi connectivity index (χ3v) is 2.18. The molecule has 74 valence electrons. The van der Waals surface area contributed by atoms with E-state index in [1.807, 2.05) is 24.3 Å². The van der Waals surface area contributed by atoms with Crippen LogP contribution < -0.4 is 5.73 Å². The summed E-state index contributed by atoms with van der Waals surface area (Å²) < 4.78 is 10.6. The van der Waals surface area contributed by atoms with Crippen molar-refractivity contribution >= 4 is 11.0 Å². The van der Waals surface area contributed by atoms with Crippen molar-refractivity contribution in [2.75, 3.05) is 7.11 Å². The van der Waals surface area contributed by atoms with Crippen LogP contribution in [0.5, 0.6) is 0 Å². The molecule has 0 spiro atoms. The maximum Gasteiger partial charge on any atom is 0.138 e. The van der Waals surface area contributed by atoms with Crippen LogP contribution in [0.25, 0.3) is 11.0 Å². The molecule has 0 bridgehead atoms. The lowest BCUT2D eigenvalue weighted by Crippen LogP contribution is -1.95. The summed E-state index contributed by atoms with van der Waals surface area (Å²) in [5.74, 6) is 0.836. The Morgan fingerprint density at radius 2 is 2.29 bits per heavy atom. The standard InChI is InChI=1S/C11H13NO2/c1-13-7-10-5-8-3-2-4-9(6-12)11(8)14-10/h2-5H,6-7,12H2,1H3. The molecule has 1 heterocycles. The average molecular weight is 191 g/mol. The first-order valence-corrected chi connectivity index (χ1v) is 4.54. The minimum atomic E-state index is 0.497. The van der Waals surface area contributed by atoms with E-state index in [1.54, 1.807) is 7.11 Å². The van der Waals surface area contributed by atoms with Gasteiger partial charge in [0.25, 0.3) is 0 Å². The van der Waals surface area contributed by atoms with Crippen LogP contribution in [0.1, 0.15) is 11.3 Å². The van der Waals surface area contributed by atoms with Gasteiger partial charge in [-0.05, 0) is 6.07 Å². The Morgan fingerprint density at radius 1 is 1.43 bits per heavy atom. The number of rotatable bonds is 3. The van der Waals surface area contributed by atoms with Gasteiger partial charge in [-0.1, -0.05) is 18.2 Å². The highest BCUT2D eigenvalue weighted by molar-refractivity contribution is 5.81. The molecule has 0 aliphatic heterocycles. The van der Waals surface area contributed by atoms with Gasteiger partial charge in [-0.15, -0.1) is 0 Å². The summed E-state index contributed by atoms with van der Waals surface area (Å²) in [6.45, 7) is 0.996. The lowest BCUT2D eigenvalue weighted by molar-refractivity contribution is 0.166. The second-order valence-electron chi connectivity index (χ2n) is 3.19. The van der Waals surface area contributed by atoms with E-state index in [0.29, 0.717) is 13.2 Å². The van der Waals surface area contributed by atoms with Gasteiger partial charge >= 0.3 is 0 Å². The molecule has 0 saturated carbocycles. The Hall–Kier alpha value is -1.32. The van der Waals surface area contributed by atoms with Gasteiger partial charge in [-0.25, -0.2) is 0 Å². The van der Waals surface area contributed by atoms with Crippen molar-refractivity contribution in [2.24, 2.45) is 5.73 Å². The Labute approximate surface area is 82.5 Å². The number of furan rings is 1. The molecule has 3 heteroatoms. The molecular formula is C11H13NO2. The lowest BCUT2D eigenvalue weighted by Gasteiger charge is -1.96. The summed E-state index contributed by atoms with van der Waals surface area (Å²) in [4.78, 5) is 0. The van der Waals surface area contributed by atoms with Crippen molar-refractivity contribution in [1.82, 2.24) is 0 Å². The van der Waals surface area contributed by atoms with Gasteiger partial charge in [0.1, 0.15) is 18.0 Å². The molecule has 0 amide bonds. The van der Waals surface area contributed by atoms with E-state index in [9.17, 15) is 0 Å². The molecule has 0 radical (unpaired) electrons. The number of hydrogen-bond acceptors (Lipinski definition) is 3. The number of ether oxygens (including phenoxy) is 1. The van der Waals surface area contributed by atoms with Crippen molar-refractivity contribution in [3.63, 3.8) is 0 Å². The molecule has 0 aliphatic carbocycles. The van der Waals surface area contributed by atoms with Crippen LogP contribution in [0.4, 0.5) is 0 Å². The van der Waals surface area contributed by atoms with Gasteiger partial charge in [0.2, 0.25) is 0 Å². The Bertz CT molecular complexity index is 434. The SMILES string of the molecule is COCc1cc2cccc(CN)c2o1. The van der Waals surface area contributed by atoms with Crippen LogP contribution >= 0.6 is 0 Å². The maximum absolute atomic E-state index is 5.63. The molecular weight excluding hydrogens is 178 g/mol. The third-order valence-electron chi connectivity index (χ3n) is 2.18. The number of nitrogens with two attached hydrogens (primary N) is 1. The predicted octanol–water partition coefficient (Wildman–Crippen LogP) is 2.04. The van der Waals surface area contributed by atoms with Gasteiger partial charge in [-0.3, -0.25) is 0 Å². The quantitative estimate of drug-likeness (QED) is 0.807. The molecule has 2 aromatic rings. The summed E-state index contributed by atoms with van der Waals surface area (Å²) >= 11 is 0. The van der Waals surface area contributed by atoms with Crippen molar-refractivity contribution in [3.8, 4) is 0 Å². The van der Waals surface area contributed by atoms with Crippen LogP contribution in [-0.2, 0) is 17.9 Å². The first kappa shape index (κ1) is 9.24. The molecule has 0 unspecified atom stereocenters. The number of benzene rings is 1. The van der Waals surface area contributed by atoms with Crippen LogP contribution in [0, 0.1) is 0 Å². The van der Waals surface area contributed by atoms with Gasteiger partial charge < -0.3 is 14.9 Å². The summed E-state index contributed by atoms with van der Waals surface area (Å²) in [7, 11) is 1.65. The number of hydrogen-bond donors (Lipinski definition) is 1. The van der Waals surface area contributed by atoms with E-state index in [2.05, 4.69) is 0 Å². The van der Waals surface area contributed by atoms with E-state index in [4.69, 9.17) is 14.9 Å². The first-order valence-electron chi connectivity index (χ1n) is 4.54. The highest BCUT2D eigenvalue weighted by atomic mass is 16.5. The highest BCUT2D eigenvalue weighted by Gasteiger charge is 2.06. The van der Waals surface area contributed by atoms with Gasteiger partial charge in [0, 0.05) is 24.6 Å². The molecule has 0 saturated heterocycles. The fourth-order valence-corrected chi connectivity index (χ4v) is 1.55. The molecule has 0 aliphatic rings. The Kier molecular flexibility index (Phi) is 2.52. The maximum atomic E-state index is 5.63. The van der Waals surface area contributed by atoms with Gasteiger partial charge in [0.15, 0.2) is 0 Å². The first-order chi connectivity index (χ1) is 6.85. The molecule has 14 heavy (non-hydrogen) atoms. The fourth-order valence-electron chi connectivity index (χ4n) is 1.55. The molecule has 1 aromatic heterocycles. The summed E-state index contributed by atoms with van der Waals surface area (Å²) in [6.07, 6.45) is 0. The van der Waals surface area contributed by atoms with Gasteiger partial charge in [0.05, 0.1) is 0 Å². The zero-order chi connectivity index (χ0) is 9.97. The molecule has 2 N–H and O–H groups in total. The minimum Gasteiger partial charge on any atom is -0.458 e. The second-order valence-corrected chi connectivity index (χ2v) is 3.19. The molecule has 2 rings (SSSR count). The molecule has 0 atom stereocenters. The predicted molar refractivity (Wildman–Crippen MR) is 54.8 cm³/mol. The molecule has 0 fully saturated rings. The number of fused-ring (bicyclic) bond motifs is 1. The third kappa shape index (κ3) is 1.52. The van der Waals surface area contributed by atoms with Crippen molar-refractivity contribution in [3.05, 3.63) is 35.6 Å². The monoisotopic (exact) mass is 191 g/mol. The summed E-state index contributed by atoms with van der Waals surface area (Å²) in [5, 5.41) is 1.08. The van der Waals surface area contributed by atoms with E-state index >= 15 is 0 Å². The lowest BCUT2D eigenvalue weighted by atomic mass is 10.1. The van der Waals surface area contributed by atoms with E-state index in [0.717, 1.165) is 22.3 Å². The van der Waals surface area contributed by atoms with Crippen molar-refractivity contribution < 1.29 is 9.15 Å². The van der Waals surface area contributed by atoms with Crippen LogP contribution in [0.2, 0.25) is 0 Å². The molecule has 1 aromatic carbocycles. The smallest absolute Gasteiger partial charge is 0.138 e. The Morgan fingerprint density at radius 3 is 3.00 bits per heavy atom. The summed E-state index contributed by atoms with van der Waals surface area (Å²) in [6, 6.07) is 7.95. The van der Waals surface area contributed by atoms with Crippen molar-refractivity contribution in [1.29, 1.82) is 0 Å². The van der Waals surface area contributed by atoms with Crippen LogP contribution in [0.3, 0.4) is 0 Å². The largest absolute Gasteiger partial charge is 0.458 e.